The highest BCUT2D eigenvalue weighted by molar-refractivity contribution is 5.97. The van der Waals surface area contributed by atoms with Crippen LogP contribution in [0.15, 0.2) is 39.3 Å². The highest BCUT2D eigenvalue weighted by Gasteiger charge is 2.27. The van der Waals surface area contributed by atoms with E-state index in [1.807, 2.05) is 6.07 Å². The highest BCUT2D eigenvalue weighted by atomic mass is 16.4. The van der Waals surface area contributed by atoms with Gasteiger partial charge in [0, 0.05) is 23.9 Å². The number of benzene rings is 1. The van der Waals surface area contributed by atoms with E-state index in [9.17, 15) is 4.79 Å². The molecule has 0 saturated heterocycles. The van der Waals surface area contributed by atoms with Crippen LogP contribution < -0.4 is 5.73 Å². The fourth-order valence-electron chi connectivity index (χ4n) is 2.94. The fourth-order valence-corrected chi connectivity index (χ4v) is 2.94. The standard InChI is InChI=1S/C18H13N3O4/c19-15-10-7-20-12(8-1-2-8)6-13(10)24-16(15)17-21-11-4-3-9(18(22)23)5-14(11)25-17/h3-8H,1-2,19H2,(H,22,23). The molecule has 1 aromatic carbocycles. The average Bonchev–Trinajstić information content (AvgIpc) is 3.29. The fraction of sp³-hybridized carbons (Fsp3) is 0.167. The molecule has 0 atom stereocenters. The Bertz CT molecular complexity index is 1150. The number of oxazole rings is 1. The molecule has 1 aliphatic rings. The van der Waals surface area contributed by atoms with E-state index in [1.165, 1.54) is 12.1 Å². The number of aromatic nitrogens is 2. The molecule has 0 spiro atoms. The number of carboxylic acid groups (broad SMARTS) is 1. The highest BCUT2D eigenvalue weighted by Crippen LogP contribution is 2.42. The summed E-state index contributed by atoms with van der Waals surface area (Å²) >= 11 is 0. The van der Waals surface area contributed by atoms with Gasteiger partial charge in [-0.15, -0.1) is 0 Å². The Hall–Kier alpha value is -3.35. The van der Waals surface area contributed by atoms with Crippen LogP contribution in [0.5, 0.6) is 0 Å². The average molecular weight is 335 g/mol. The number of hydrogen-bond donors (Lipinski definition) is 2. The third-order valence-corrected chi connectivity index (χ3v) is 4.46. The lowest BCUT2D eigenvalue weighted by molar-refractivity contribution is 0.0697. The largest absolute Gasteiger partial charge is 0.478 e. The molecule has 1 fully saturated rings. The molecule has 7 nitrogen and oxygen atoms in total. The summed E-state index contributed by atoms with van der Waals surface area (Å²) < 4.78 is 11.5. The molecule has 1 aliphatic carbocycles. The maximum Gasteiger partial charge on any atom is 0.335 e. The molecule has 3 N–H and O–H groups in total. The molecule has 5 rings (SSSR count). The molecule has 7 heteroatoms. The second kappa shape index (κ2) is 4.83. The normalized spacial score (nSPS) is 14.4. The Balaban J connectivity index is 1.65. The van der Waals surface area contributed by atoms with Crippen LogP contribution in [-0.2, 0) is 0 Å². The van der Waals surface area contributed by atoms with Gasteiger partial charge in [-0.25, -0.2) is 9.78 Å². The van der Waals surface area contributed by atoms with Crippen LogP contribution in [-0.4, -0.2) is 21.0 Å². The first kappa shape index (κ1) is 14.0. The first-order valence-corrected chi connectivity index (χ1v) is 7.92. The summed E-state index contributed by atoms with van der Waals surface area (Å²) in [5.74, 6) is 0.0387. The molecule has 0 radical (unpaired) electrons. The van der Waals surface area contributed by atoms with Gasteiger partial charge >= 0.3 is 5.97 Å². The van der Waals surface area contributed by atoms with E-state index in [1.54, 1.807) is 12.3 Å². The summed E-state index contributed by atoms with van der Waals surface area (Å²) in [6, 6.07) is 6.42. The minimum atomic E-state index is -1.03. The van der Waals surface area contributed by atoms with Gasteiger partial charge < -0.3 is 19.7 Å². The lowest BCUT2D eigenvalue weighted by Crippen LogP contribution is -1.94. The zero-order valence-electron chi connectivity index (χ0n) is 13.0. The summed E-state index contributed by atoms with van der Waals surface area (Å²) in [7, 11) is 0. The second-order valence-electron chi connectivity index (χ2n) is 6.23. The van der Waals surface area contributed by atoms with Crippen molar-refractivity contribution in [1.82, 2.24) is 9.97 Å². The minimum absolute atomic E-state index is 0.131. The molecule has 4 aromatic rings. The van der Waals surface area contributed by atoms with Gasteiger partial charge in [0.05, 0.1) is 16.6 Å². The Morgan fingerprint density at radius 2 is 2.04 bits per heavy atom. The zero-order chi connectivity index (χ0) is 17.1. The molecule has 0 bridgehead atoms. The monoisotopic (exact) mass is 335 g/mol. The summed E-state index contributed by atoms with van der Waals surface area (Å²) in [6.07, 6.45) is 4.02. The number of furan rings is 1. The van der Waals surface area contributed by atoms with Crippen molar-refractivity contribution in [3.63, 3.8) is 0 Å². The van der Waals surface area contributed by atoms with Crippen LogP contribution >= 0.6 is 0 Å². The number of fused-ring (bicyclic) bond motifs is 2. The van der Waals surface area contributed by atoms with E-state index in [4.69, 9.17) is 19.7 Å². The molecule has 0 aliphatic heterocycles. The second-order valence-corrected chi connectivity index (χ2v) is 6.23. The number of carboxylic acids is 1. The van der Waals surface area contributed by atoms with Crippen LogP contribution in [0.2, 0.25) is 0 Å². The van der Waals surface area contributed by atoms with Crippen LogP contribution in [0.25, 0.3) is 33.7 Å². The lowest BCUT2D eigenvalue weighted by atomic mass is 10.2. The van der Waals surface area contributed by atoms with Crippen LogP contribution in [0.3, 0.4) is 0 Å². The topological polar surface area (TPSA) is 115 Å². The van der Waals surface area contributed by atoms with E-state index in [2.05, 4.69) is 9.97 Å². The third kappa shape index (κ3) is 2.16. The van der Waals surface area contributed by atoms with E-state index < -0.39 is 5.97 Å². The first-order valence-electron chi connectivity index (χ1n) is 7.92. The smallest absolute Gasteiger partial charge is 0.335 e. The summed E-state index contributed by atoms with van der Waals surface area (Å²) in [4.78, 5) is 19.9. The van der Waals surface area contributed by atoms with Crippen molar-refractivity contribution < 1.29 is 18.7 Å². The molecule has 3 aromatic heterocycles. The van der Waals surface area contributed by atoms with Gasteiger partial charge in [0.1, 0.15) is 11.1 Å². The molecular weight excluding hydrogens is 322 g/mol. The maximum absolute atomic E-state index is 11.1. The van der Waals surface area contributed by atoms with Gasteiger partial charge in [0.25, 0.3) is 5.89 Å². The molecule has 0 amide bonds. The molecule has 25 heavy (non-hydrogen) atoms. The van der Waals surface area contributed by atoms with Crippen molar-refractivity contribution in [2.24, 2.45) is 0 Å². The number of aromatic carboxylic acids is 1. The minimum Gasteiger partial charge on any atom is -0.478 e. The van der Waals surface area contributed by atoms with E-state index >= 15 is 0 Å². The Morgan fingerprint density at radius 1 is 1.20 bits per heavy atom. The quantitative estimate of drug-likeness (QED) is 0.585. The van der Waals surface area contributed by atoms with Crippen LogP contribution in [0, 0.1) is 0 Å². The zero-order valence-corrected chi connectivity index (χ0v) is 13.0. The van der Waals surface area contributed by atoms with Crippen molar-refractivity contribution in [3.8, 4) is 11.7 Å². The molecule has 124 valence electrons. The Kier molecular flexibility index (Phi) is 2.71. The van der Waals surface area contributed by atoms with Gasteiger partial charge in [0.15, 0.2) is 5.58 Å². The molecule has 0 unspecified atom stereocenters. The van der Waals surface area contributed by atoms with Crippen molar-refractivity contribution in [2.45, 2.75) is 18.8 Å². The molecule has 1 saturated carbocycles. The van der Waals surface area contributed by atoms with Gasteiger partial charge in [-0.05, 0) is 31.0 Å². The number of nitrogens with zero attached hydrogens (tertiary/aromatic N) is 2. The van der Waals surface area contributed by atoms with E-state index in [0.717, 1.165) is 18.5 Å². The summed E-state index contributed by atoms with van der Waals surface area (Å²) in [6.45, 7) is 0. The van der Waals surface area contributed by atoms with Gasteiger partial charge in [0.2, 0.25) is 5.76 Å². The van der Waals surface area contributed by atoms with Crippen molar-refractivity contribution in [3.05, 3.63) is 41.7 Å². The van der Waals surface area contributed by atoms with Gasteiger partial charge in [-0.2, -0.15) is 0 Å². The number of pyridine rings is 1. The Morgan fingerprint density at radius 3 is 2.80 bits per heavy atom. The lowest BCUT2D eigenvalue weighted by Gasteiger charge is -1.95. The van der Waals surface area contributed by atoms with Crippen LogP contribution in [0.4, 0.5) is 5.69 Å². The van der Waals surface area contributed by atoms with Crippen molar-refractivity contribution >= 4 is 33.7 Å². The summed E-state index contributed by atoms with van der Waals surface area (Å²) in [5, 5.41) is 9.79. The number of nitrogen functional groups attached to an aromatic ring is 1. The number of rotatable bonds is 3. The van der Waals surface area contributed by atoms with Crippen LogP contribution in [0.1, 0.15) is 34.8 Å². The first-order chi connectivity index (χ1) is 12.1. The predicted octanol–water partition coefficient (Wildman–Crippen LogP) is 3.79. The van der Waals surface area contributed by atoms with Crippen molar-refractivity contribution in [1.29, 1.82) is 0 Å². The number of hydrogen-bond acceptors (Lipinski definition) is 6. The maximum atomic E-state index is 11.1. The van der Waals surface area contributed by atoms with E-state index in [0.29, 0.717) is 39.4 Å². The third-order valence-electron chi connectivity index (χ3n) is 4.46. The number of anilines is 1. The predicted molar refractivity (Wildman–Crippen MR) is 90.4 cm³/mol. The number of nitrogens with two attached hydrogens (primary N) is 1. The van der Waals surface area contributed by atoms with Gasteiger partial charge in [-0.1, -0.05) is 0 Å². The number of carbonyl (C=O) groups is 1. The molecule has 3 heterocycles. The molecular formula is C18H13N3O4. The van der Waals surface area contributed by atoms with Crippen molar-refractivity contribution in [2.75, 3.05) is 5.73 Å². The van der Waals surface area contributed by atoms with Gasteiger partial charge in [-0.3, -0.25) is 4.98 Å². The summed E-state index contributed by atoms with van der Waals surface area (Å²) in [5.41, 5.74) is 9.29. The SMILES string of the molecule is Nc1c(-c2nc3ccc(C(=O)O)cc3o2)oc2cc(C3CC3)ncc12. The Labute approximate surface area is 141 Å². The van der Waals surface area contributed by atoms with E-state index in [-0.39, 0.29) is 11.5 Å².